The molecule has 34 heavy (non-hydrogen) atoms. The Hall–Kier alpha value is -2.86. The van der Waals surface area contributed by atoms with E-state index in [1.165, 1.54) is 21.9 Å². The van der Waals surface area contributed by atoms with Gasteiger partial charge in [0.25, 0.3) is 0 Å². The van der Waals surface area contributed by atoms with Gasteiger partial charge in [-0.2, -0.15) is 0 Å². The summed E-state index contributed by atoms with van der Waals surface area (Å²) in [5.74, 6) is 2.80. The molecule has 0 saturated carbocycles. The smallest absolute Gasteiger partial charge is 0.00261 e. The van der Waals surface area contributed by atoms with E-state index in [4.69, 9.17) is 0 Å². The predicted octanol–water partition coefficient (Wildman–Crippen LogP) is 9.47. The minimum absolute atomic E-state index is 0.416. The molecule has 6 atom stereocenters. The van der Waals surface area contributed by atoms with E-state index >= 15 is 0 Å². The molecule has 0 saturated heterocycles. The highest BCUT2D eigenvalue weighted by atomic mass is 14.4. The van der Waals surface area contributed by atoms with Crippen LogP contribution in [0.25, 0.3) is 10.8 Å². The van der Waals surface area contributed by atoms with Crippen molar-refractivity contribution >= 4 is 10.8 Å². The van der Waals surface area contributed by atoms with Gasteiger partial charge < -0.3 is 0 Å². The van der Waals surface area contributed by atoms with Gasteiger partial charge in [0.2, 0.25) is 0 Å². The molecule has 5 rings (SSSR count). The number of fused-ring (bicyclic) bond motifs is 1. The predicted molar refractivity (Wildman–Crippen MR) is 147 cm³/mol. The summed E-state index contributed by atoms with van der Waals surface area (Å²) in [7, 11) is 0. The molecule has 0 spiro atoms. The maximum absolute atomic E-state index is 2.59. The lowest BCUT2D eigenvalue weighted by molar-refractivity contribution is 0.506. The van der Waals surface area contributed by atoms with E-state index < -0.39 is 0 Å². The first-order valence-electron chi connectivity index (χ1n) is 13.1. The zero-order valence-corrected chi connectivity index (χ0v) is 21.5. The number of hydrogen-bond acceptors (Lipinski definition) is 0. The van der Waals surface area contributed by atoms with Gasteiger partial charge in [-0.1, -0.05) is 149 Å². The first-order chi connectivity index (χ1) is 16.4. The fourth-order valence-electron chi connectivity index (χ4n) is 6.86. The number of hydrogen-bond donors (Lipinski definition) is 0. The lowest BCUT2D eigenvalue weighted by Crippen LogP contribution is -2.30. The second-order valence-corrected chi connectivity index (χ2v) is 10.7. The molecule has 0 fully saturated rings. The van der Waals surface area contributed by atoms with Crippen LogP contribution in [0.4, 0.5) is 0 Å². The van der Waals surface area contributed by atoms with Gasteiger partial charge in [0.05, 0.1) is 0 Å². The van der Waals surface area contributed by atoms with E-state index in [0.29, 0.717) is 35.5 Å². The molecule has 0 bridgehead atoms. The molecule has 0 heterocycles. The molecule has 174 valence electrons. The summed E-state index contributed by atoms with van der Waals surface area (Å²) in [6, 6.07) is 26.8. The first kappa shape index (κ1) is 22.9. The first-order valence-corrected chi connectivity index (χ1v) is 13.1. The Kier molecular flexibility index (Phi) is 6.11. The average molecular weight is 447 g/mol. The van der Waals surface area contributed by atoms with Crippen LogP contribution in [0, 0.1) is 23.7 Å². The van der Waals surface area contributed by atoms with Crippen molar-refractivity contribution in [3.8, 4) is 0 Å². The van der Waals surface area contributed by atoms with Crippen LogP contribution in [0.15, 0.2) is 107 Å². The van der Waals surface area contributed by atoms with Gasteiger partial charge >= 0.3 is 0 Å². The number of rotatable bonds is 4. The summed E-state index contributed by atoms with van der Waals surface area (Å²) in [4.78, 5) is 0. The van der Waals surface area contributed by atoms with Gasteiger partial charge in [-0.3, -0.25) is 0 Å². The van der Waals surface area contributed by atoms with E-state index in [0.717, 1.165) is 0 Å². The molecule has 0 N–H and O–H groups in total. The molecular formula is C34H38. The van der Waals surface area contributed by atoms with Crippen molar-refractivity contribution in [2.24, 2.45) is 23.7 Å². The fourth-order valence-corrected chi connectivity index (χ4v) is 6.86. The fraction of sp³-hybridized carbons (Fsp3) is 0.353. The zero-order chi connectivity index (χ0) is 24.0. The van der Waals surface area contributed by atoms with E-state index in [2.05, 4.69) is 126 Å². The summed E-state index contributed by atoms with van der Waals surface area (Å²) in [5.41, 5.74) is 9.39. The van der Waals surface area contributed by atoms with Crippen LogP contribution in [-0.4, -0.2) is 0 Å². The molecule has 0 radical (unpaired) electrons. The van der Waals surface area contributed by atoms with Crippen LogP contribution in [0.1, 0.15) is 64.5 Å². The van der Waals surface area contributed by atoms with Crippen molar-refractivity contribution in [2.45, 2.75) is 53.4 Å². The quantitative estimate of drug-likeness (QED) is 0.350. The average Bonchev–Trinajstić information content (AvgIpc) is 2.86. The Labute approximate surface area is 206 Å². The van der Waals surface area contributed by atoms with E-state index in [9.17, 15) is 0 Å². The Morgan fingerprint density at radius 2 is 1.06 bits per heavy atom. The van der Waals surface area contributed by atoms with Crippen molar-refractivity contribution < 1.29 is 0 Å². The summed E-state index contributed by atoms with van der Waals surface area (Å²) in [6.07, 6.45) is 5.17. The van der Waals surface area contributed by atoms with Gasteiger partial charge in [0.15, 0.2) is 0 Å². The lowest BCUT2D eigenvalue weighted by Gasteiger charge is -2.43. The second-order valence-electron chi connectivity index (χ2n) is 10.7. The highest BCUT2D eigenvalue weighted by Crippen LogP contribution is 2.51. The summed E-state index contributed by atoms with van der Waals surface area (Å²) >= 11 is 0. The SMILES string of the molecule is CC1C=C(C(C)c2ccccc2)C(C)C2=C1C(C)C=C(C(C)c1ccc3ccccc3c1)C2C. The topological polar surface area (TPSA) is 0 Å². The highest BCUT2D eigenvalue weighted by Gasteiger charge is 2.38. The molecule has 2 aliphatic rings. The summed E-state index contributed by atoms with van der Waals surface area (Å²) < 4.78 is 0. The van der Waals surface area contributed by atoms with E-state index in [1.807, 2.05) is 0 Å². The third kappa shape index (κ3) is 3.88. The molecule has 3 aromatic carbocycles. The molecular weight excluding hydrogens is 408 g/mol. The maximum atomic E-state index is 2.59. The third-order valence-corrected chi connectivity index (χ3v) is 8.71. The standard InChI is InChI=1S/C34H38/c1-21-18-31(23(3)27-12-8-7-9-13-27)25(5)34-26(6)32(19-22(2)33(21)34)24(4)29-17-16-28-14-10-11-15-30(28)20-29/h7-26H,1-6H3. The Morgan fingerprint density at radius 3 is 1.68 bits per heavy atom. The second kappa shape index (κ2) is 9.06. The Morgan fingerprint density at radius 1 is 0.529 bits per heavy atom. The van der Waals surface area contributed by atoms with Gasteiger partial charge in [0.1, 0.15) is 0 Å². The van der Waals surface area contributed by atoms with Crippen molar-refractivity contribution in [2.75, 3.05) is 0 Å². The van der Waals surface area contributed by atoms with E-state index in [-0.39, 0.29) is 0 Å². The molecule has 0 amide bonds. The van der Waals surface area contributed by atoms with Crippen molar-refractivity contribution in [3.05, 3.63) is 118 Å². The minimum Gasteiger partial charge on any atom is -0.0772 e. The van der Waals surface area contributed by atoms with Gasteiger partial charge in [-0.25, -0.2) is 0 Å². The monoisotopic (exact) mass is 446 g/mol. The highest BCUT2D eigenvalue weighted by molar-refractivity contribution is 5.83. The largest absolute Gasteiger partial charge is 0.0772 e. The molecule has 2 aliphatic carbocycles. The molecule has 0 aliphatic heterocycles. The van der Waals surface area contributed by atoms with Crippen LogP contribution in [0.2, 0.25) is 0 Å². The molecule has 3 aromatic rings. The third-order valence-electron chi connectivity index (χ3n) is 8.71. The van der Waals surface area contributed by atoms with Crippen LogP contribution < -0.4 is 0 Å². The Balaban J connectivity index is 1.48. The molecule has 6 unspecified atom stereocenters. The van der Waals surface area contributed by atoms with E-state index in [1.54, 1.807) is 22.3 Å². The molecule has 0 heteroatoms. The molecule has 0 nitrogen and oxygen atoms in total. The lowest BCUT2D eigenvalue weighted by atomic mass is 9.62. The van der Waals surface area contributed by atoms with Crippen molar-refractivity contribution in [1.29, 1.82) is 0 Å². The number of allylic oxidation sites excluding steroid dienone is 6. The van der Waals surface area contributed by atoms with Gasteiger partial charge in [0, 0.05) is 11.8 Å². The van der Waals surface area contributed by atoms with Crippen LogP contribution in [0.3, 0.4) is 0 Å². The van der Waals surface area contributed by atoms with Crippen molar-refractivity contribution in [1.82, 2.24) is 0 Å². The van der Waals surface area contributed by atoms with Crippen molar-refractivity contribution in [3.63, 3.8) is 0 Å². The van der Waals surface area contributed by atoms with Gasteiger partial charge in [-0.15, -0.1) is 0 Å². The molecule has 0 aromatic heterocycles. The van der Waals surface area contributed by atoms with Crippen LogP contribution in [-0.2, 0) is 0 Å². The van der Waals surface area contributed by atoms with Crippen LogP contribution in [0.5, 0.6) is 0 Å². The minimum atomic E-state index is 0.416. The van der Waals surface area contributed by atoms with Crippen LogP contribution >= 0.6 is 0 Å². The Bertz CT molecular complexity index is 1290. The number of benzene rings is 3. The normalized spacial score (nSPS) is 26.5. The van der Waals surface area contributed by atoms with Gasteiger partial charge in [-0.05, 0) is 45.6 Å². The maximum Gasteiger partial charge on any atom is 0.00261 e. The summed E-state index contributed by atoms with van der Waals surface area (Å²) in [5, 5.41) is 2.66. The zero-order valence-electron chi connectivity index (χ0n) is 21.5. The summed E-state index contributed by atoms with van der Waals surface area (Å²) in [6.45, 7) is 14.5.